The van der Waals surface area contributed by atoms with Gasteiger partial charge in [-0.15, -0.1) is 0 Å². The summed E-state index contributed by atoms with van der Waals surface area (Å²) in [4.78, 5) is 0. The highest BCUT2D eigenvalue weighted by molar-refractivity contribution is 9.09. The molecule has 1 heterocycles. The maximum atomic E-state index is 3.45. The van der Waals surface area contributed by atoms with E-state index in [1.807, 2.05) is 0 Å². The predicted molar refractivity (Wildman–Crippen MR) is 57.9 cm³/mol. The topological polar surface area (TPSA) is 3.88 Å². The van der Waals surface area contributed by atoms with Gasteiger partial charge in [0.25, 0.3) is 0 Å². The summed E-state index contributed by atoms with van der Waals surface area (Å²) in [5.74, 6) is 0. The van der Waals surface area contributed by atoms with Crippen molar-refractivity contribution in [2.45, 2.75) is 6.54 Å². The summed E-state index contributed by atoms with van der Waals surface area (Å²) >= 11 is 3.45. The molecule has 1 aromatic carbocycles. The number of benzene rings is 1. The van der Waals surface area contributed by atoms with Gasteiger partial charge in [-0.3, -0.25) is 0 Å². The average molecular weight is 317 g/mol. The highest BCUT2D eigenvalue weighted by atomic mass is 79.9. The maximum Gasteiger partial charge on any atom is 0.212 e. The largest absolute Gasteiger partial charge is 1.00 e. The van der Waals surface area contributed by atoms with Crippen LogP contribution in [0.1, 0.15) is 0 Å². The van der Waals surface area contributed by atoms with Gasteiger partial charge in [-0.2, -0.15) is 4.57 Å². The molecule has 14 heavy (non-hydrogen) atoms. The van der Waals surface area contributed by atoms with Crippen LogP contribution in [0.5, 0.6) is 0 Å². The summed E-state index contributed by atoms with van der Waals surface area (Å²) in [5, 5.41) is 2.29. The van der Waals surface area contributed by atoms with Crippen molar-refractivity contribution in [2.24, 2.45) is 0 Å². The molecule has 2 aromatic rings. The van der Waals surface area contributed by atoms with E-state index in [1.54, 1.807) is 0 Å². The SMILES string of the molecule is BrCC[n+]1cccc2ccccc21.[Br-]. The van der Waals surface area contributed by atoms with E-state index in [0.29, 0.717) is 0 Å². The van der Waals surface area contributed by atoms with E-state index in [4.69, 9.17) is 0 Å². The van der Waals surface area contributed by atoms with E-state index in [2.05, 4.69) is 63.1 Å². The van der Waals surface area contributed by atoms with Gasteiger partial charge in [-0.25, -0.2) is 0 Å². The van der Waals surface area contributed by atoms with Gasteiger partial charge < -0.3 is 17.0 Å². The fraction of sp³-hybridized carbons (Fsp3) is 0.182. The van der Waals surface area contributed by atoms with Gasteiger partial charge in [0.2, 0.25) is 5.52 Å². The highest BCUT2D eigenvalue weighted by Gasteiger charge is 2.04. The van der Waals surface area contributed by atoms with Gasteiger partial charge in [0.05, 0.1) is 5.33 Å². The molecule has 1 aromatic heterocycles. The normalized spacial score (nSPS) is 9.79. The zero-order valence-electron chi connectivity index (χ0n) is 7.66. The smallest absolute Gasteiger partial charge is 0.212 e. The summed E-state index contributed by atoms with van der Waals surface area (Å²) in [7, 11) is 0. The molecular weight excluding hydrogens is 306 g/mol. The van der Waals surface area contributed by atoms with E-state index < -0.39 is 0 Å². The molecule has 0 radical (unpaired) electrons. The molecule has 0 saturated heterocycles. The van der Waals surface area contributed by atoms with Gasteiger partial charge in [0, 0.05) is 17.5 Å². The number of halogens is 2. The molecule has 0 unspecified atom stereocenters. The van der Waals surface area contributed by atoms with Crippen LogP contribution in [-0.4, -0.2) is 5.33 Å². The summed E-state index contributed by atoms with van der Waals surface area (Å²) in [6.07, 6.45) is 2.11. The van der Waals surface area contributed by atoms with Crippen LogP contribution in [0.25, 0.3) is 10.9 Å². The molecule has 2 rings (SSSR count). The third kappa shape index (κ3) is 2.34. The minimum Gasteiger partial charge on any atom is -1.00 e. The summed E-state index contributed by atoms with van der Waals surface area (Å²) < 4.78 is 2.25. The second-order valence-electron chi connectivity index (χ2n) is 2.95. The number of aryl methyl sites for hydroxylation is 1. The zero-order chi connectivity index (χ0) is 9.10. The van der Waals surface area contributed by atoms with Crippen LogP contribution in [0.4, 0.5) is 0 Å². The Morgan fingerprint density at radius 3 is 2.57 bits per heavy atom. The lowest BCUT2D eigenvalue weighted by Crippen LogP contribution is -3.00. The minimum absolute atomic E-state index is 0. The average Bonchev–Trinajstić information content (AvgIpc) is 2.19. The molecule has 0 atom stereocenters. The molecule has 0 spiro atoms. The van der Waals surface area contributed by atoms with Crippen molar-refractivity contribution >= 4 is 26.8 Å². The van der Waals surface area contributed by atoms with Crippen LogP contribution in [0.3, 0.4) is 0 Å². The van der Waals surface area contributed by atoms with Gasteiger partial charge in [-0.1, -0.05) is 28.1 Å². The van der Waals surface area contributed by atoms with Crippen LogP contribution in [-0.2, 0) is 6.54 Å². The monoisotopic (exact) mass is 315 g/mol. The number of pyridine rings is 1. The Bertz CT molecular complexity index is 409. The van der Waals surface area contributed by atoms with E-state index >= 15 is 0 Å². The lowest BCUT2D eigenvalue weighted by molar-refractivity contribution is -0.666. The van der Waals surface area contributed by atoms with E-state index in [0.717, 1.165) is 11.9 Å². The Balaban J connectivity index is 0.000000980. The lowest BCUT2D eigenvalue weighted by atomic mass is 10.2. The maximum absolute atomic E-state index is 3.45. The highest BCUT2D eigenvalue weighted by Crippen LogP contribution is 2.07. The molecule has 0 aliphatic carbocycles. The third-order valence-corrected chi connectivity index (χ3v) is 2.47. The van der Waals surface area contributed by atoms with Crippen LogP contribution in [0.2, 0.25) is 0 Å². The standard InChI is InChI=1S/C11H11BrN.BrH/c12-7-9-13-8-3-5-10-4-1-2-6-11(10)13;/h1-6,8H,7,9H2;1H/q+1;/p-1. The van der Waals surface area contributed by atoms with Crippen molar-refractivity contribution in [3.8, 4) is 0 Å². The van der Waals surface area contributed by atoms with E-state index in [9.17, 15) is 0 Å². The Labute approximate surface area is 103 Å². The summed E-state index contributed by atoms with van der Waals surface area (Å²) in [5.41, 5.74) is 1.30. The molecule has 0 saturated carbocycles. The van der Waals surface area contributed by atoms with Crippen molar-refractivity contribution in [1.82, 2.24) is 0 Å². The molecule has 0 aliphatic rings. The second kappa shape index (κ2) is 5.47. The Kier molecular flexibility index (Phi) is 4.55. The Morgan fingerprint density at radius 1 is 1.07 bits per heavy atom. The first kappa shape index (κ1) is 11.7. The first-order valence-electron chi connectivity index (χ1n) is 4.35. The number of hydrogen-bond donors (Lipinski definition) is 0. The Hall–Kier alpha value is -0.410. The van der Waals surface area contributed by atoms with Gasteiger partial charge in [0.15, 0.2) is 12.7 Å². The first-order chi connectivity index (χ1) is 6.42. The summed E-state index contributed by atoms with van der Waals surface area (Å²) in [6, 6.07) is 12.7. The van der Waals surface area contributed by atoms with Crippen molar-refractivity contribution in [2.75, 3.05) is 5.33 Å². The van der Waals surface area contributed by atoms with E-state index in [1.165, 1.54) is 10.9 Å². The zero-order valence-corrected chi connectivity index (χ0v) is 10.8. The molecule has 0 fully saturated rings. The lowest BCUT2D eigenvalue weighted by Gasteiger charge is -1.97. The van der Waals surface area contributed by atoms with Crippen LogP contribution < -0.4 is 21.5 Å². The van der Waals surface area contributed by atoms with Gasteiger partial charge in [-0.05, 0) is 12.1 Å². The van der Waals surface area contributed by atoms with E-state index in [-0.39, 0.29) is 17.0 Å². The van der Waals surface area contributed by atoms with Gasteiger partial charge in [0.1, 0.15) is 0 Å². The van der Waals surface area contributed by atoms with Crippen molar-refractivity contribution in [3.05, 3.63) is 42.6 Å². The first-order valence-corrected chi connectivity index (χ1v) is 5.47. The number of rotatable bonds is 2. The van der Waals surface area contributed by atoms with Gasteiger partial charge >= 0.3 is 0 Å². The molecule has 0 amide bonds. The van der Waals surface area contributed by atoms with Crippen LogP contribution in [0.15, 0.2) is 42.6 Å². The van der Waals surface area contributed by atoms with Crippen molar-refractivity contribution in [1.29, 1.82) is 0 Å². The number of para-hydroxylation sites is 1. The third-order valence-electron chi connectivity index (χ3n) is 2.11. The number of alkyl halides is 1. The van der Waals surface area contributed by atoms with Crippen LogP contribution >= 0.6 is 15.9 Å². The predicted octanol–water partition coefficient (Wildman–Crippen LogP) is -0.474. The van der Waals surface area contributed by atoms with Crippen molar-refractivity contribution < 1.29 is 21.5 Å². The molecule has 74 valence electrons. The fourth-order valence-electron chi connectivity index (χ4n) is 1.51. The quantitative estimate of drug-likeness (QED) is 0.521. The molecular formula is C11H11Br2N. The van der Waals surface area contributed by atoms with Crippen molar-refractivity contribution in [3.63, 3.8) is 0 Å². The molecule has 0 aliphatic heterocycles. The molecule has 1 nitrogen and oxygen atoms in total. The number of hydrogen-bond acceptors (Lipinski definition) is 0. The fourth-order valence-corrected chi connectivity index (χ4v) is 1.89. The van der Waals surface area contributed by atoms with Crippen LogP contribution in [0, 0.1) is 0 Å². The number of aromatic nitrogens is 1. The molecule has 3 heteroatoms. The molecule has 0 N–H and O–H groups in total. The summed E-state index contributed by atoms with van der Waals surface area (Å²) in [6.45, 7) is 1.02. The number of fused-ring (bicyclic) bond motifs is 1. The Morgan fingerprint density at radius 2 is 1.79 bits per heavy atom. The minimum atomic E-state index is 0. The molecule has 0 bridgehead atoms. The second-order valence-corrected chi connectivity index (χ2v) is 3.74. The number of nitrogens with zero attached hydrogens (tertiary/aromatic N) is 1.